The fourth-order valence-corrected chi connectivity index (χ4v) is 5.54. The summed E-state index contributed by atoms with van der Waals surface area (Å²) in [4.78, 5) is 18.4. The molecule has 0 saturated carbocycles. The van der Waals surface area contributed by atoms with Crippen molar-refractivity contribution in [3.8, 4) is 17.2 Å². The smallest absolute Gasteiger partial charge is 0.231 e. The molecule has 1 N–H and O–H groups in total. The Morgan fingerprint density at radius 1 is 1.00 bits per heavy atom. The van der Waals surface area contributed by atoms with E-state index in [0.717, 1.165) is 33.6 Å². The van der Waals surface area contributed by atoms with Gasteiger partial charge in [0.15, 0.2) is 17.3 Å². The van der Waals surface area contributed by atoms with Gasteiger partial charge < -0.3 is 19.3 Å². The number of aliphatic imine (C=N–C) groups is 1. The maximum Gasteiger partial charge on any atom is 0.231 e. The van der Waals surface area contributed by atoms with Crippen molar-refractivity contribution < 1.29 is 24.1 Å². The summed E-state index contributed by atoms with van der Waals surface area (Å²) in [5.74, 6) is 2.06. The van der Waals surface area contributed by atoms with E-state index in [0.29, 0.717) is 42.2 Å². The van der Waals surface area contributed by atoms with Crippen LogP contribution in [0.3, 0.4) is 0 Å². The summed E-state index contributed by atoms with van der Waals surface area (Å²) in [6, 6.07) is 17.6. The quantitative estimate of drug-likeness (QED) is 0.339. The Labute approximate surface area is 229 Å². The number of aliphatic hydroxyl groups excluding tert-OH is 1. The molecular formula is C33H33NO5. The molecule has 0 saturated heterocycles. The Morgan fingerprint density at radius 2 is 1.72 bits per heavy atom. The van der Waals surface area contributed by atoms with Crippen LogP contribution in [0.15, 0.2) is 77.0 Å². The predicted molar refractivity (Wildman–Crippen MR) is 153 cm³/mol. The highest BCUT2D eigenvalue weighted by molar-refractivity contribution is 6.28. The SMILES string of the molecule is COc1ccc(CN=C(/C=C/c2ccc3c(c2)OCO3)C2=C(O)CC(c3c(C)cc(C)cc3C)CC2=O)cc1. The normalized spacial score (nSPS) is 17.3. The van der Waals surface area contributed by atoms with Crippen molar-refractivity contribution in [2.24, 2.45) is 4.99 Å². The second kappa shape index (κ2) is 11.2. The van der Waals surface area contributed by atoms with Crippen LogP contribution >= 0.6 is 0 Å². The number of methoxy groups -OCH3 is 1. The van der Waals surface area contributed by atoms with E-state index in [9.17, 15) is 9.90 Å². The summed E-state index contributed by atoms with van der Waals surface area (Å²) in [6.45, 7) is 6.78. The van der Waals surface area contributed by atoms with Gasteiger partial charge in [-0.2, -0.15) is 0 Å². The van der Waals surface area contributed by atoms with Crippen molar-refractivity contribution in [3.63, 3.8) is 0 Å². The third kappa shape index (κ3) is 5.75. The summed E-state index contributed by atoms with van der Waals surface area (Å²) in [7, 11) is 1.63. The molecule has 200 valence electrons. The molecule has 2 aliphatic rings. The number of ether oxygens (including phenoxy) is 3. The van der Waals surface area contributed by atoms with Gasteiger partial charge in [-0.1, -0.05) is 42.0 Å². The zero-order valence-electron chi connectivity index (χ0n) is 22.8. The van der Waals surface area contributed by atoms with Crippen molar-refractivity contribution in [1.82, 2.24) is 0 Å². The largest absolute Gasteiger partial charge is 0.511 e. The number of aliphatic hydroxyl groups is 1. The molecule has 0 aromatic heterocycles. The zero-order chi connectivity index (χ0) is 27.5. The highest BCUT2D eigenvalue weighted by Crippen LogP contribution is 2.38. The number of Topliss-reactive ketones (excluding diaryl/α,β-unsaturated/α-hetero) is 1. The molecule has 0 amide bonds. The van der Waals surface area contributed by atoms with Crippen molar-refractivity contribution in [3.05, 3.63) is 105 Å². The Hall–Kier alpha value is -4.32. The van der Waals surface area contributed by atoms with Crippen LogP contribution in [0.4, 0.5) is 0 Å². The molecule has 6 nitrogen and oxygen atoms in total. The Bertz CT molecular complexity index is 1470. The van der Waals surface area contributed by atoms with Crippen LogP contribution in [-0.2, 0) is 11.3 Å². The van der Waals surface area contributed by atoms with Gasteiger partial charge in [0.2, 0.25) is 6.79 Å². The van der Waals surface area contributed by atoms with Crippen molar-refractivity contribution in [2.45, 2.75) is 46.1 Å². The van der Waals surface area contributed by atoms with E-state index in [4.69, 9.17) is 19.2 Å². The standard InChI is InChI=1S/C33H33NO5/c1-20-13-21(2)32(22(3)14-20)25-16-28(35)33(29(36)17-25)27(34-18-24-5-9-26(37-4)10-6-24)11-7-23-8-12-30-31(15-23)39-19-38-30/h5-15,25,35H,16-19H2,1-4H3/b11-7+,34-27?. The molecule has 1 aliphatic heterocycles. The molecule has 39 heavy (non-hydrogen) atoms. The van der Waals surface area contributed by atoms with E-state index in [1.807, 2.05) is 48.5 Å². The van der Waals surface area contributed by atoms with Gasteiger partial charge in [0, 0.05) is 12.8 Å². The summed E-state index contributed by atoms with van der Waals surface area (Å²) in [6.07, 6.45) is 4.39. The molecule has 1 unspecified atom stereocenters. The number of ketones is 1. The number of hydrogen-bond acceptors (Lipinski definition) is 6. The lowest BCUT2D eigenvalue weighted by atomic mass is 9.78. The summed E-state index contributed by atoms with van der Waals surface area (Å²) >= 11 is 0. The van der Waals surface area contributed by atoms with Crippen molar-refractivity contribution >= 4 is 17.6 Å². The first-order valence-electron chi connectivity index (χ1n) is 13.1. The van der Waals surface area contributed by atoms with Gasteiger partial charge in [0.25, 0.3) is 0 Å². The number of benzene rings is 3. The maximum absolute atomic E-state index is 13.6. The monoisotopic (exact) mass is 523 g/mol. The number of carbonyl (C=O) groups is 1. The van der Waals surface area contributed by atoms with Gasteiger partial charge in [0.05, 0.1) is 24.9 Å². The van der Waals surface area contributed by atoms with Gasteiger partial charge in [-0.25, -0.2) is 0 Å². The van der Waals surface area contributed by atoms with Gasteiger partial charge in [-0.05, 0) is 84.8 Å². The highest BCUT2D eigenvalue weighted by atomic mass is 16.7. The van der Waals surface area contributed by atoms with Crippen LogP contribution < -0.4 is 14.2 Å². The first-order chi connectivity index (χ1) is 18.8. The maximum atomic E-state index is 13.6. The van der Waals surface area contributed by atoms with Crippen LogP contribution in [0.1, 0.15) is 52.1 Å². The van der Waals surface area contributed by atoms with Crippen LogP contribution in [0.25, 0.3) is 6.08 Å². The second-order valence-corrected chi connectivity index (χ2v) is 10.2. The van der Waals surface area contributed by atoms with Crippen LogP contribution in [0, 0.1) is 20.8 Å². The van der Waals surface area contributed by atoms with E-state index in [1.165, 1.54) is 5.56 Å². The summed E-state index contributed by atoms with van der Waals surface area (Å²) in [5.41, 5.74) is 7.24. The van der Waals surface area contributed by atoms with E-state index < -0.39 is 0 Å². The third-order valence-corrected chi connectivity index (χ3v) is 7.26. The van der Waals surface area contributed by atoms with Crippen LogP contribution in [0.5, 0.6) is 17.2 Å². The number of allylic oxidation sites excluding steroid dienone is 3. The highest BCUT2D eigenvalue weighted by Gasteiger charge is 2.32. The van der Waals surface area contributed by atoms with Crippen molar-refractivity contribution in [1.29, 1.82) is 0 Å². The lowest BCUT2D eigenvalue weighted by molar-refractivity contribution is -0.116. The molecule has 5 rings (SSSR count). The van der Waals surface area contributed by atoms with E-state index >= 15 is 0 Å². The topological polar surface area (TPSA) is 77.3 Å². The Balaban J connectivity index is 1.48. The molecule has 6 heteroatoms. The fourth-order valence-electron chi connectivity index (χ4n) is 5.54. The number of carbonyl (C=O) groups excluding carboxylic acids is 1. The first-order valence-corrected chi connectivity index (χ1v) is 13.1. The molecule has 0 spiro atoms. The second-order valence-electron chi connectivity index (χ2n) is 10.2. The number of fused-ring (bicyclic) bond motifs is 1. The minimum absolute atomic E-state index is 0.0671. The minimum Gasteiger partial charge on any atom is -0.511 e. The van der Waals surface area contributed by atoms with E-state index in [-0.39, 0.29) is 24.3 Å². The van der Waals surface area contributed by atoms with Gasteiger partial charge in [-0.3, -0.25) is 9.79 Å². The number of aryl methyl sites for hydroxylation is 3. The molecule has 0 fully saturated rings. The zero-order valence-corrected chi connectivity index (χ0v) is 22.8. The molecule has 0 bridgehead atoms. The van der Waals surface area contributed by atoms with Gasteiger partial charge in [-0.15, -0.1) is 0 Å². The molecule has 3 aromatic rings. The number of nitrogens with zero attached hydrogens (tertiary/aromatic N) is 1. The Morgan fingerprint density at radius 3 is 2.41 bits per heavy atom. The molecular weight excluding hydrogens is 490 g/mol. The van der Waals surface area contributed by atoms with Crippen LogP contribution in [0.2, 0.25) is 0 Å². The molecule has 0 radical (unpaired) electrons. The van der Waals surface area contributed by atoms with Crippen molar-refractivity contribution in [2.75, 3.05) is 13.9 Å². The third-order valence-electron chi connectivity index (χ3n) is 7.26. The number of hydrogen-bond donors (Lipinski definition) is 1. The van der Waals surface area contributed by atoms with Gasteiger partial charge in [0.1, 0.15) is 11.5 Å². The van der Waals surface area contributed by atoms with E-state index in [2.05, 4.69) is 32.9 Å². The van der Waals surface area contributed by atoms with E-state index in [1.54, 1.807) is 13.2 Å². The Kier molecular flexibility index (Phi) is 7.55. The molecule has 3 aromatic carbocycles. The minimum atomic E-state index is -0.105. The summed E-state index contributed by atoms with van der Waals surface area (Å²) in [5, 5.41) is 11.3. The molecule has 1 aliphatic carbocycles. The molecule has 1 atom stereocenters. The van der Waals surface area contributed by atoms with Crippen LogP contribution in [-0.4, -0.2) is 30.5 Å². The lowest BCUT2D eigenvalue weighted by Crippen LogP contribution is -2.24. The lowest BCUT2D eigenvalue weighted by Gasteiger charge is -2.27. The average molecular weight is 524 g/mol. The average Bonchev–Trinajstić information content (AvgIpc) is 3.37. The number of rotatable bonds is 7. The summed E-state index contributed by atoms with van der Waals surface area (Å²) < 4.78 is 16.2. The van der Waals surface area contributed by atoms with Gasteiger partial charge >= 0.3 is 0 Å². The molecule has 1 heterocycles. The first kappa shape index (κ1) is 26.3. The fraction of sp³-hybridized carbons (Fsp3) is 0.273. The predicted octanol–water partition coefficient (Wildman–Crippen LogP) is 6.96.